The summed E-state index contributed by atoms with van der Waals surface area (Å²) in [4.78, 5) is 44.2. The Morgan fingerprint density at radius 3 is 2.75 bits per heavy atom. The van der Waals surface area contributed by atoms with Gasteiger partial charge in [0.2, 0.25) is 5.91 Å². The highest BCUT2D eigenvalue weighted by Crippen LogP contribution is 2.08. The van der Waals surface area contributed by atoms with Crippen molar-refractivity contribution in [3.05, 3.63) is 51.7 Å². The van der Waals surface area contributed by atoms with E-state index in [0.717, 1.165) is 4.57 Å². The molecule has 0 aliphatic rings. The minimum Gasteiger partial charge on any atom is -0.325 e. The molecule has 0 atom stereocenters. The predicted octanol–water partition coefficient (Wildman–Crippen LogP) is -0.143. The number of fused-ring (bicyclic) bond motifs is 1. The predicted molar refractivity (Wildman–Crippen MR) is 87.7 cm³/mol. The van der Waals surface area contributed by atoms with Crippen molar-refractivity contribution < 1.29 is 4.79 Å². The van der Waals surface area contributed by atoms with E-state index in [9.17, 15) is 14.4 Å². The molecule has 9 heteroatoms. The summed E-state index contributed by atoms with van der Waals surface area (Å²) < 4.78 is 3.92. The third kappa shape index (κ3) is 2.71. The van der Waals surface area contributed by atoms with Crippen LogP contribution in [0.5, 0.6) is 0 Å². The summed E-state index contributed by atoms with van der Waals surface area (Å²) in [7, 11) is 2.97. The number of hydrogen-bond acceptors (Lipinski definition) is 5. The summed E-state index contributed by atoms with van der Waals surface area (Å²) >= 11 is 0. The average molecular weight is 328 g/mol. The number of pyridine rings is 1. The van der Waals surface area contributed by atoms with Crippen LogP contribution >= 0.6 is 0 Å². The quantitative estimate of drug-likeness (QED) is 0.718. The van der Waals surface area contributed by atoms with Crippen LogP contribution in [0.25, 0.3) is 11.2 Å². The van der Waals surface area contributed by atoms with E-state index in [0.29, 0.717) is 16.9 Å². The smallest absolute Gasteiger partial charge is 0.325 e. The summed E-state index contributed by atoms with van der Waals surface area (Å²) in [6, 6.07) is 3.46. The Morgan fingerprint density at radius 1 is 1.25 bits per heavy atom. The number of aromatic nitrogens is 5. The second-order valence-corrected chi connectivity index (χ2v) is 5.36. The molecule has 0 aliphatic heterocycles. The Hall–Kier alpha value is -3.23. The van der Waals surface area contributed by atoms with Crippen molar-refractivity contribution in [3.63, 3.8) is 0 Å². The molecule has 1 amide bonds. The van der Waals surface area contributed by atoms with Crippen molar-refractivity contribution in [2.75, 3.05) is 5.32 Å². The van der Waals surface area contributed by atoms with Gasteiger partial charge in [-0.05, 0) is 12.1 Å². The molecule has 0 aliphatic carbocycles. The van der Waals surface area contributed by atoms with Gasteiger partial charge in [0.05, 0.1) is 18.2 Å². The maximum Gasteiger partial charge on any atom is 0.332 e. The SMILES string of the molecule is Cn1c(=O)c2c(ncn2CCC(=O)Nc2cccnc2)n(C)c1=O. The molecule has 9 nitrogen and oxygen atoms in total. The Labute approximate surface area is 136 Å². The first-order valence-corrected chi connectivity index (χ1v) is 7.30. The summed E-state index contributed by atoms with van der Waals surface area (Å²) in [6.45, 7) is 0.274. The Kier molecular flexibility index (Phi) is 3.98. The topological polar surface area (TPSA) is 104 Å². The van der Waals surface area contributed by atoms with Crippen molar-refractivity contribution in [3.8, 4) is 0 Å². The molecular weight excluding hydrogens is 312 g/mol. The Bertz CT molecular complexity index is 1020. The van der Waals surface area contributed by atoms with Crippen LogP contribution in [0.3, 0.4) is 0 Å². The van der Waals surface area contributed by atoms with E-state index in [4.69, 9.17) is 0 Å². The number of aryl methyl sites for hydroxylation is 2. The third-order valence-corrected chi connectivity index (χ3v) is 3.74. The van der Waals surface area contributed by atoms with Crippen LogP contribution < -0.4 is 16.6 Å². The van der Waals surface area contributed by atoms with Crippen LogP contribution in [0.15, 0.2) is 40.4 Å². The van der Waals surface area contributed by atoms with Crippen LogP contribution in [-0.4, -0.2) is 29.6 Å². The number of rotatable bonds is 4. The zero-order valence-corrected chi connectivity index (χ0v) is 13.3. The Morgan fingerprint density at radius 2 is 2.04 bits per heavy atom. The number of nitrogens with zero attached hydrogens (tertiary/aromatic N) is 5. The van der Waals surface area contributed by atoms with Gasteiger partial charge in [0.1, 0.15) is 0 Å². The molecule has 124 valence electrons. The fraction of sp³-hybridized carbons (Fsp3) is 0.267. The van der Waals surface area contributed by atoms with Gasteiger partial charge in [-0.25, -0.2) is 9.78 Å². The van der Waals surface area contributed by atoms with E-state index in [1.807, 2.05) is 0 Å². The van der Waals surface area contributed by atoms with Crippen molar-refractivity contribution in [1.82, 2.24) is 23.7 Å². The zero-order valence-electron chi connectivity index (χ0n) is 13.3. The van der Waals surface area contributed by atoms with Gasteiger partial charge in [-0.1, -0.05) is 0 Å². The van der Waals surface area contributed by atoms with E-state index >= 15 is 0 Å². The highest BCUT2D eigenvalue weighted by atomic mass is 16.2. The lowest BCUT2D eigenvalue weighted by atomic mass is 10.3. The molecule has 3 aromatic heterocycles. The van der Waals surface area contributed by atoms with Gasteiger partial charge < -0.3 is 9.88 Å². The van der Waals surface area contributed by atoms with E-state index in [2.05, 4.69) is 15.3 Å². The van der Waals surface area contributed by atoms with Crippen molar-refractivity contribution >= 4 is 22.8 Å². The van der Waals surface area contributed by atoms with Crippen molar-refractivity contribution in [2.45, 2.75) is 13.0 Å². The molecule has 0 saturated heterocycles. The van der Waals surface area contributed by atoms with Gasteiger partial charge in [0.25, 0.3) is 5.56 Å². The van der Waals surface area contributed by atoms with Gasteiger partial charge in [-0.15, -0.1) is 0 Å². The summed E-state index contributed by atoms with van der Waals surface area (Å²) in [6.07, 6.45) is 4.79. The van der Waals surface area contributed by atoms with E-state index in [1.165, 1.54) is 17.9 Å². The molecule has 1 N–H and O–H groups in total. The molecule has 0 fully saturated rings. The molecule has 3 rings (SSSR count). The largest absolute Gasteiger partial charge is 0.332 e. The van der Waals surface area contributed by atoms with Gasteiger partial charge in [-0.3, -0.25) is 23.7 Å². The lowest BCUT2D eigenvalue weighted by Crippen LogP contribution is -2.37. The Balaban J connectivity index is 1.83. The standard InChI is InChI=1S/C15H16N6O3/c1-19-13-12(14(23)20(2)15(19)24)21(9-17-13)7-5-11(22)18-10-4-3-6-16-8-10/h3-4,6,8-9H,5,7H2,1-2H3,(H,18,22). The first-order chi connectivity index (χ1) is 11.5. The average Bonchev–Trinajstić information content (AvgIpc) is 3.01. The third-order valence-electron chi connectivity index (χ3n) is 3.74. The summed E-state index contributed by atoms with van der Waals surface area (Å²) in [5, 5.41) is 2.73. The van der Waals surface area contributed by atoms with Gasteiger partial charge in [0.15, 0.2) is 11.2 Å². The van der Waals surface area contributed by atoms with E-state index in [-0.39, 0.29) is 18.9 Å². The molecule has 0 aromatic carbocycles. The molecule has 0 spiro atoms. The molecule has 0 bridgehead atoms. The first-order valence-electron chi connectivity index (χ1n) is 7.30. The molecule has 0 radical (unpaired) electrons. The van der Waals surface area contributed by atoms with E-state index < -0.39 is 11.2 Å². The number of nitrogens with one attached hydrogen (secondary N) is 1. The minimum atomic E-state index is -0.438. The lowest BCUT2D eigenvalue weighted by molar-refractivity contribution is -0.116. The van der Waals surface area contributed by atoms with Gasteiger partial charge in [-0.2, -0.15) is 0 Å². The summed E-state index contributed by atoms with van der Waals surface area (Å²) in [5.74, 6) is -0.202. The van der Waals surface area contributed by atoms with Crippen LogP contribution in [0, 0.1) is 0 Å². The number of imidazole rings is 1. The normalized spacial score (nSPS) is 10.9. The fourth-order valence-electron chi connectivity index (χ4n) is 2.45. The number of carbonyl (C=O) groups is 1. The second kappa shape index (κ2) is 6.11. The second-order valence-electron chi connectivity index (χ2n) is 5.36. The maximum atomic E-state index is 12.3. The lowest BCUT2D eigenvalue weighted by Gasteiger charge is -2.07. The van der Waals surface area contributed by atoms with E-state index in [1.54, 1.807) is 36.1 Å². The number of hydrogen-bond donors (Lipinski definition) is 1. The molecule has 3 heterocycles. The highest BCUT2D eigenvalue weighted by Gasteiger charge is 2.14. The number of amides is 1. The zero-order chi connectivity index (χ0) is 17.3. The highest BCUT2D eigenvalue weighted by molar-refractivity contribution is 5.90. The molecule has 3 aromatic rings. The van der Waals surface area contributed by atoms with Crippen molar-refractivity contribution in [1.29, 1.82) is 0 Å². The van der Waals surface area contributed by atoms with Crippen LogP contribution in [0.2, 0.25) is 0 Å². The van der Waals surface area contributed by atoms with Crippen LogP contribution in [0.1, 0.15) is 6.42 Å². The van der Waals surface area contributed by atoms with Crippen LogP contribution in [-0.2, 0) is 25.4 Å². The molecule has 0 unspecified atom stereocenters. The summed E-state index contributed by atoms with van der Waals surface area (Å²) in [5.41, 5.74) is 0.339. The maximum absolute atomic E-state index is 12.3. The molecule has 0 saturated carbocycles. The van der Waals surface area contributed by atoms with Crippen molar-refractivity contribution in [2.24, 2.45) is 14.1 Å². The molecular formula is C15H16N6O3. The van der Waals surface area contributed by atoms with Gasteiger partial charge in [0, 0.05) is 33.3 Å². The van der Waals surface area contributed by atoms with Gasteiger partial charge >= 0.3 is 5.69 Å². The van der Waals surface area contributed by atoms with Crippen LogP contribution in [0.4, 0.5) is 5.69 Å². The number of anilines is 1. The minimum absolute atomic E-state index is 0.159. The first kappa shape index (κ1) is 15.7. The monoisotopic (exact) mass is 328 g/mol. The fourth-order valence-corrected chi connectivity index (χ4v) is 2.45. The number of carbonyl (C=O) groups excluding carboxylic acids is 1. The molecule has 24 heavy (non-hydrogen) atoms.